The molecule has 168 valence electrons. The molecule has 12 heteroatoms. The summed E-state index contributed by atoms with van der Waals surface area (Å²) in [5, 5.41) is 8.66. The Labute approximate surface area is 185 Å². The van der Waals surface area contributed by atoms with Gasteiger partial charge in [0, 0.05) is 18.2 Å². The SMILES string of the molecule is COc1ccc(-c2nnc(SCC(=O)N(C3CC3)C3CCS(=O)(=O)C3)n2N)c(OC)c1. The molecule has 0 spiro atoms. The smallest absolute Gasteiger partial charge is 0.233 e. The summed E-state index contributed by atoms with van der Waals surface area (Å²) in [5.74, 6) is 7.98. The number of sulfone groups is 1. The van der Waals surface area contributed by atoms with Gasteiger partial charge in [0.2, 0.25) is 11.1 Å². The molecule has 1 aromatic carbocycles. The van der Waals surface area contributed by atoms with Gasteiger partial charge >= 0.3 is 0 Å². The summed E-state index contributed by atoms with van der Waals surface area (Å²) in [6.45, 7) is 0. The molecule has 10 nitrogen and oxygen atoms in total. The number of nitrogens with two attached hydrogens (primary N) is 1. The maximum Gasteiger partial charge on any atom is 0.233 e. The highest BCUT2D eigenvalue weighted by Gasteiger charge is 2.42. The lowest BCUT2D eigenvalue weighted by molar-refractivity contribution is -0.130. The van der Waals surface area contributed by atoms with Gasteiger partial charge in [-0.2, -0.15) is 0 Å². The number of hydrogen-bond donors (Lipinski definition) is 1. The van der Waals surface area contributed by atoms with Crippen LogP contribution in [0.3, 0.4) is 0 Å². The second kappa shape index (κ2) is 8.58. The largest absolute Gasteiger partial charge is 0.497 e. The fraction of sp³-hybridized carbons (Fsp3) is 0.526. The number of nitrogen functional groups attached to an aromatic ring is 1. The lowest BCUT2D eigenvalue weighted by atomic mass is 10.2. The van der Waals surface area contributed by atoms with E-state index in [4.69, 9.17) is 15.3 Å². The van der Waals surface area contributed by atoms with Crippen molar-refractivity contribution in [1.82, 2.24) is 19.8 Å². The Hall–Kier alpha value is -2.47. The summed E-state index contributed by atoms with van der Waals surface area (Å²) in [7, 11) is 0.0477. The highest BCUT2D eigenvalue weighted by atomic mass is 32.2. The predicted octanol–water partition coefficient (Wildman–Crippen LogP) is 0.946. The quantitative estimate of drug-likeness (QED) is 0.445. The van der Waals surface area contributed by atoms with Gasteiger partial charge in [0.25, 0.3) is 0 Å². The third kappa shape index (κ3) is 4.59. The first-order valence-corrected chi connectivity index (χ1v) is 12.7. The van der Waals surface area contributed by atoms with Gasteiger partial charge in [-0.1, -0.05) is 11.8 Å². The number of hydrogen-bond acceptors (Lipinski definition) is 9. The number of carbonyl (C=O) groups excluding carboxylic acids is 1. The zero-order valence-electron chi connectivity index (χ0n) is 17.4. The van der Waals surface area contributed by atoms with Gasteiger partial charge in [0.1, 0.15) is 11.5 Å². The molecule has 0 bridgehead atoms. The van der Waals surface area contributed by atoms with Crippen LogP contribution >= 0.6 is 11.8 Å². The topological polar surface area (TPSA) is 130 Å². The van der Waals surface area contributed by atoms with E-state index < -0.39 is 9.84 Å². The lowest BCUT2D eigenvalue weighted by Gasteiger charge is -2.28. The van der Waals surface area contributed by atoms with Crippen molar-refractivity contribution >= 4 is 27.5 Å². The number of rotatable bonds is 8. The number of aromatic nitrogens is 3. The molecule has 31 heavy (non-hydrogen) atoms. The Balaban J connectivity index is 1.47. The number of carbonyl (C=O) groups is 1. The lowest BCUT2D eigenvalue weighted by Crippen LogP contribution is -2.43. The molecular weight excluding hydrogens is 442 g/mol. The monoisotopic (exact) mass is 467 g/mol. The van der Waals surface area contributed by atoms with Gasteiger partial charge < -0.3 is 20.2 Å². The van der Waals surface area contributed by atoms with E-state index in [2.05, 4.69) is 10.2 Å². The summed E-state index contributed by atoms with van der Waals surface area (Å²) < 4.78 is 35.7. The van der Waals surface area contributed by atoms with E-state index in [1.165, 1.54) is 16.4 Å². The summed E-state index contributed by atoms with van der Waals surface area (Å²) in [4.78, 5) is 14.7. The van der Waals surface area contributed by atoms with Crippen LogP contribution in [0.4, 0.5) is 0 Å². The number of methoxy groups -OCH3 is 2. The number of thioether (sulfide) groups is 1. The number of amides is 1. The molecule has 4 rings (SSSR count). The first kappa shape index (κ1) is 21.8. The van der Waals surface area contributed by atoms with E-state index in [9.17, 15) is 13.2 Å². The van der Waals surface area contributed by atoms with Crippen LogP contribution in [0.2, 0.25) is 0 Å². The third-order valence-corrected chi connectivity index (χ3v) is 8.15. The number of benzene rings is 1. The second-order valence-electron chi connectivity index (χ2n) is 7.62. The van der Waals surface area contributed by atoms with Crippen molar-refractivity contribution in [1.29, 1.82) is 0 Å². The Morgan fingerprint density at radius 1 is 1.23 bits per heavy atom. The van der Waals surface area contributed by atoms with Gasteiger partial charge in [-0.15, -0.1) is 10.2 Å². The van der Waals surface area contributed by atoms with E-state index >= 15 is 0 Å². The maximum absolute atomic E-state index is 12.9. The molecule has 2 heterocycles. The van der Waals surface area contributed by atoms with E-state index in [0.29, 0.717) is 34.5 Å². The molecule has 2 aliphatic rings. The zero-order valence-corrected chi connectivity index (χ0v) is 19.0. The van der Waals surface area contributed by atoms with Crippen molar-refractivity contribution in [3.05, 3.63) is 18.2 Å². The van der Waals surface area contributed by atoms with Crippen LogP contribution in [0, 0.1) is 0 Å². The molecule has 1 saturated carbocycles. The summed E-state index contributed by atoms with van der Waals surface area (Å²) >= 11 is 1.18. The van der Waals surface area contributed by atoms with Crippen LogP contribution in [0.25, 0.3) is 11.4 Å². The van der Waals surface area contributed by atoms with Crippen molar-refractivity contribution < 1.29 is 22.7 Å². The predicted molar refractivity (Wildman–Crippen MR) is 116 cm³/mol. The number of nitrogens with zero attached hydrogens (tertiary/aromatic N) is 4. The normalized spacial score (nSPS) is 19.9. The van der Waals surface area contributed by atoms with E-state index in [0.717, 1.165) is 12.8 Å². The van der Waals surface area contributed by atoms with Crippen LogP contribution in [-0.4, -0.2) is 77.7 Å². The third-order valence-electron chi connectivity index (χ3n) is 5.47. The van der Waals surface area contributed by atoms with Gasteiger partial charge in [0.05, 0.1) is 37.0 Å². The molecule has 2 N–H and O–H groups in total. The average Bonchev–Trinajstić information content (AvgIpc) is 3.42. The van der Waals surface area contributed by atoms with Crippen molar-refractivity contribution in [2.45, 2.75) is 36.5 Å². The molecule has 1 unspecified atom stereocenters. The second-order valence-corrected chi connectivity index (χ2v) is 10.8. The van der Waals surface area contributed by atoms with Crippen molar-refractivity contribution in [2.24, 2.45) is 0 Å². The van der Waals surface area contributed by atoms with Crippen LogP contribution in [0.5, 0.6) is 11.5 Å². The standard InChI is InChI=1S/C19H25N5O5S2/c1-28-14-5-6-15(16(9-14)29-2)18-21-22-19(24(18)20)30-10-17(25)23(12-3-4-12)13-7-8-31(26,27)11-13/h5-6,9,12-13H,3-4,7-8,10-11,20H2,1-2H3. The fourth-order valence-electron chi connectivity index (χ4n) is 3.80. The highest BCUT2D eigenvalue weighted by molar-refractivity contribution is 7.99. The molecule has 2 aromatic rings. The first-order chi connectivity index (χ1) is 14.8. The molecule has 1 aliphatic carbocycles. The van der Waals surface area contributed by atoms with Crippen LogP contribution < -0.4 is 15.3 Å². The maximum atomic E-state index is 12.9. The van der Waals surface area contributed by atoms with Crippen LogP contribution in [-0.2, 0) is 14.6 Å². The number of ether oxygens (including phenoxy) is 2. The molecule has 1 amide bonds. The molecule has 1 aromatic heterocycles. The fourth-order valence-corrected chi connectivity index (χ4v) is 6.23. The van der Waals surface area contributed by atoms with E-state index in [-0.39, 0.29) is 35.2 Å². The van der Waals surface area contributed by atoms with Crippen LogP contribution in [0.15, 0.2) is 23.4 Å². The van der Waals surface area contributed by atoms with Gasteiger partial charge in [-0.05, 0) is 31.4 Å². The Morgan fingerprint density at radius 3 is 2.61 bits per heavy atom. The van der Waals surface area contributed by atoms with Crippen molar-refractivity contribution in [2.75, 3.05) is 37.3 Å². The minimum atomic E-state index is -3.06. The van der Waals surface area contributed by atoms with Gasteiger partial charge in [-0.25, -0.2) is 13.1 Å². The molecule has 1 atom stereocenters. The minimum Gasteiger partial charge on any atom is -0.497 e. The van der Waals surface area contributed by atoms with E-state index in [1.807, 2.05) is 0 Å². The zero-order chi connectivity index (χ0) is 22.2. The Morgan fingerprint density at radius 2 is 2.00 bits per heavy atom. The highest BCUT2D eigenvalue weighted by Crippen LogP contribution is 2.35. The molecule has 2 fully saturated rings. The summed E-state index contributed by atoms with van der Waals surface area (Å²) in [5.41, 5.74) is 0.646. The summed E-state index contributed by atoms with van der Waals surface area (Å²) in [6.07, 6.45) is 2.34. The average molecular weight is 468 g/mol. The van der Waals surface area contributed by atoms with Crippen molar-refractivity contribution in [3.63, 3.8) is 0 Å². The van der Waals surface area contributed by atoms with Crippen molar-refractivity contribution in [3.8, 4) is 22.9 Å². The molecule has 1 aliphatic heterocycles. The molecular formula is C19H25N5O5S2. The molecule has 0 radical (unpaired) electrons. The van der Waals surface area contributed by atoms with E-state index in [1.54, 1.807) is 37.3 Å². The van der Waals surface area contributed by atoms with Gasteiger partial charge in [-0.3, -0.25) is 4.79 Å². The van der Waals surface area contributed by atoms with Crippen LogP contribution in [0.1, 0.15) is 19.3 Å². The first-order valence-electron chi connectivity index (χ1n) is 9.90. The van der Waals surface area contributed by atoms with Gasteiger partial charge in [0.15, 0.2) is 15.7 Å². The summed E-state index contributed by atoms with van der Waals surface area (Å²) in [6, 6.07) is 5.18. The minimum absolute atomic E-state index is 0.0500. The Kier molecular flexibility index (Phi) is 6.02. The Bertz CT molecular complexity index is 1080. The molecule has 1 saturated heterocycles.